The van der Waals surface area contributed by atoms with E-state index in [4.69, 9.17) is 5.73 Å². The molecular weight excluding hydrogens is 184 g/mol. The molecule has 88 valence electrons. The molecule has 2 fully saturated rings. The zero-order valence-electron chi connectivity index (χ0n) is 10.3. The van der Waals surface area contributed by atoms with E-state index in [1.807, 2.05) is 0 Å². The van der Waals surface area contributed by atoms with Crippen LogP contribution >= 0.6 is 0 Å². The number of piperidine rings is 1. The van der Waals surface area contributed by atoms with Crippen molar-refractivity contribution in [3.63, 3.8) is 0 Å². The van der Waals surface area contributed by atoms with Gasteiger partial charge in [0, 0.05) is 26.2 Å². The van der Waals surface area contributed by atoms with Gasteiger partial charge in [0.25, 0.3) is 0 Å². The molecule has 1 aliphatic carbocycles. The number of nitrogens with zero attached hydrogens (tertiary/aromatic N) is 1. The highest BCUT2D eigenvalue weighted by atomic mass is 15.2. The number of hydrogen-bond donors (Lipinski definition) is 1. The van der Waals surface area contributed by atoms with Crippen molar-refractivity contribution in [1.29, 1.82) is 0 Å². The van der Waals surface area contributed by atoms with E-state index >= 15 is 0 Å². The number of nitrogens with two attached hydrogens (primary N) is 1. The Bertz CT molecular complexity index is 195. The van der Waals surface area contributed by atoms with Crippen molar-refractivity contribution in [2.75, 3.05) is 26.2 Å². The van der Waals surface area contributed by atoms with Crippen molar-refractivity contribution >= 4 is 0 Å². The molecular formula is C13H26N2. The minimum absolute atomic E-state index is 0.759. The lowest BCUT2D eigenvalue weighted by Gasteiger charge is -2.44. The first-order valence-electron chi connectivity index (χ1n) is 6.69. The third-order valence-electron chi connectivity index (χ3n) is 4.84. The maximum absolute atomic E-state index is 5.67. The standard InChI is InChI=1S/C13H26N2/c1-3-11-9-15(8-7-14)10-12(4-2)13(11)5-6-13/h11-12H,3-10,14H2,1-2H3. The Balaban J connectivity index is 2.03. The van der Waals surface area contributed by atoms with Crippen LogP contribution in [0.1, 0.15) is 39.5 Å². The zero-order valence-corrected chi connectivity index (χ0v) is 10.3. The molecule has 2 unspecified atom stereocenters. The van der Waals surface area contributed by atoms with Gasteiger partial charge in [-0.2, -0.15) is 0 Å². The minimum Gasteiger partial charge on any atom is -0.329 e. The molecule has 1 saturated carbocycles. The summed E-state index contributed by atoms with van der Waals surface area (Å²) in [6.07, 6.45) is 5.72. The lowest BCUT2D eigenvalue weighted by molar-refractivity contribution is 0.0412. The highest BCUT2D eigenvalue weighted by molar-refractivity contribution is 5.06. The number of likely N-dealkylation sites (tertiary alicyclic amines) is 1. The normalized spacial score (nSPS) is 34.6. The monoisotopic (exact) mass is 210 g/mol. The average molecular weight is 210 g/mol. The first kappa shape index (κ1) is 11.4. The molecule has 0 aromatic carbocycles. The van der Waals surface area contributed by atoms with Gasteiger partial charge in [0.1, 0.15) is 0 Å². The van der Waals surface area contributed by atoms with Gasteiger partial charge in [-0.25, -0.2) is 0 Å². The molecule has 2 heteroatoms. The lowest BCUT2D eigenvalue weighted by Crippen LogP contribution is -2.48. The molecule has 15 heavy (non-hydrogen) atoms. The van der Waals surface area contributed by atoms with E-state index in [9.17, 15) is 0 Å². The van der Waals surface area contributed by atoms with Crippen LogP contribution in [-0.2, 0) is 0 Å². The average Bonchev–Trinajstić information content (AvgIpc) is 3.02. The summed E-state index contributed by atoms with van der Waals surface area (Å²) in [5.41, 5.74) is 6.43. The minimum atomic E-state index is 0.759. The third-order valence-corrected chi connectivity index (χ3v) is 4.84. The molecule has 0 aromatic heterocycles. The maximum Gasteiger partial charge on any atom is 0.0105 e. The summed E-state index contributed by atoms with van der Waals surface area (Å²) >= 11 is 0. The Kier molecular flexibility index (Phi) is 3.36. The Morgan fingerprint density at radius 2 is 1.67 bits per heavy atom. The Hall–Kier alpha value is -0.0800. The summed E-state index contributed by atoms with van der Waals surface area (Å²) in [6.45, 7) is 9.27. The van der Waals surface area contributed by atoms with Crippen LogP contribution in [0.2, 0.25) is 0 Å². The van der Waals surface area contributed by atoms with Crippen molar-refractivity contribution in [2.45, 2.75) is 39.5 Å². The van der Waals surface area contributed by atoms with Crippen LogP contribution in [0.3, 0.4) is 0 Å². The largest absolute Gasteiger partial charge is 0.329 e. The van der Waals surface area contributed by atoms with Gasteiger partial charge in [-0.3, -0.25) is 0 Å². The maximum atomic E-state index is 5.67. The summed E-state index contributed by atoms with van der Waals surface area (Å²) < 4.78 is 0. The SMILES string of the molecule is CCC1CN(CCN)CC(CC)C12CC2. The smallest absolute Gasteiger partial charge is 0.0105 e. The van der Waals surface area contributed by atoms with E-state index < -0.39 is 0 Å². The summed E-state index contributed by atoms with van der Waals surface area (Å²) in [4.78, 5) is 2.60. The molecule has 0 amide bonds. The highest BCUT2D eigenvalue weighted by Gasteiger charge is 2.55. The van der Waals surface area contributed by atoms with Gasteiger partial charge >= 0.3 is 0 Å². The summed E-state index contributed by atoms with van der Waals surface area (Å²) in [7, 11) is 0. The van der Waals surface area contributed by atoms with Gasteiger partial charge in [0.05, 0.1) is 0 Å². The first-order valence-corrected chi connectivity index (χ1v) is 6.69. The van der Waals surface area contributed by atoms with E-state index in [0.29, 0.717) is 0 Å². The molecule has 2 nitrogen and oxygen atoms in total. The van der Waals surface area contributed by atoms with Crippen LogP contribution in [0.25, 0.3) is 0 Å². The van der Waals surface area contributed by atoms with Gasteiger partial charge in [0.2, 0.25) is 0 Å². The van der Waals surface area contributed by atoms with Crippen LogP contribution in [0, 0.1) is 17.3 Å². The Morgan fingerprint density at radius 1 is 1.13 bits per heavy atom. The lowest BCUT2D eigenvalue weighted by atomic mass is 9.72. The fourth-order valence-corrected chi connectivity index (χ4v) is 3.79. The summed E-state index contributed by atoms with van der Waals surface area (Å²) in [5.74, 6) is 1.89. The molecule has 1 heterocycles. The van der Waals surface area contributed by atoms with Crippen molar-refractivity contribution in [3.8, 4) is 0 Å². The second-order valence-corrected chi connectivity index (χ2v) is 5.49. The molecule has 2 aliphatic rings. The molecule has 1 saturated heterocycles. The number of rotatable bonds is 4. The fourth-order valence-electron chi connectivity index (χ4n) is 3.79. The van der Waals surface area contributed by atoms with Crippen molar-refractivity contribution in [1.82, 2.24) is 4.90 Å². The van der Waals surface area contributed by atoms with Crippen molar-refractivity contribution in [2.24, 2.45) is 23.0 Å². The predicted octanol–water partition coefficient (Wildman–Crippen LogP) is 2.09. The Labute approximate surface area is 94.2 Å². The van der Waals surface area contributed by atoms with Crippen molar-refractivity contribution < 1.29 is 0 Å². The van der Waals surface area contributed by atoms with Crippen LogP contribution in [0.5, 0.6) is 0 Å². The fraction of sp³-hybridized carbons (Fsp3) is 1.00. The van der Waals surface area contributed by atoms with Crippen LogP contribution in [-0.4, -0.2) is 31.1 Å². The molecule has 1 aliphatic heterocycles. The molecule has 0 bridgehead atoms. The van der Waals surface area contributed by atoms with Gasteiger partial charge < -0.3 is 10.6 Å². The van der Waals surface area contributed by atoms with E-state index in [1.54, 1.807) is 0 Å². The van der Waals surface area contributed by atoms with E-state index in [2.05, 4.69) is 18.7 Å². The first-order chi connectivity index (χ1) is 7.26. The van der Waals surface area contributed by atoms with Crippen LogP contribution < -0.4 is 5.73 Å². The zero-order chi connectivity index (χ0) is 10.9. The van der Waals surface area contributed by atoms with Gasteiger partial charge in [0.15, 0.2) is 0 Å². The van der Waals surface area contributed by atoms with E-state index in [1.165, 1.54) is 38.8 Å². The quantitative estimate of drug-likeness (QED) is 0.770. The number of hydrogen-bond acceptors (Lipinski definition) is 2. The molecule has 0 aromatic rings. The van der Waals surface area contributed by atoms with Crippen LogP contribution in [0.4, 0.5) is 0 Å². The molecule has 2 rings (SSSR count). The summed E-state index contributed by atoms with van der Waals surface area (Å²) in [6, 6.07) is 0. The molecule has 2 atom stereocenters. The highest BCUT2D eigenvalue weighted by Crippen LogP contribution is 2.61. The second kappa shape index (κ2) is 4.42. The van der Waals surface area contributed by atoms with Crippen LogP contribution in [0.15, 0.2) is 0 Å². The molecule has 0 radical (unpaired) electrons. The van der Waals surface area contributed by atoms with E-state index in [-0.39, 0.29) is 0 Å². The van der Waals surface area contributed by atoms with Gasteiger partial charge in [-0.05, 0) is 30.1 Å². The Morgan fingerprint density at radius 3 is 2.00 bits per heavy atom. The van der Waals surface area contributed by atoms with Crippen molar-refractivity contribution in [3.05, 3.63) is 0 Å². The van der Waals surface area contributed by atoms with E-state index in [0.717, 1.165) is 30.3 Å². The molecule has 1 spiro atoms. The molecule has 2 N–H and O–H groups in total. The third kappa shape index (κ3) is 1.94. The second-order valence-electron chi connectivity index (χ2n) is 5.49. The van der Waals surface area contributed by atoms with Gasteiger partial charge in [-0.15, -0.1) is 0 Å². The predicted molar refractivity (Wildman–Crippen MR) is 64.7 cm³/mol. The topological polar surface area (TPSA) is 29.3 Å². The summed E-state index contributed by atoms with van der Waals surface area (Å²) in [5, 5.41) is 0. The van der Waals surface area contributed by atoms with Gasteiger partial charge in [-0.1, -0.05) is 26.7 Å².